The molecule has 1 aliphatic rings. The Morgan fingerprint density at radius 1 is 1.11 bits per heavy atom. The summed E-state index contributed by atoms with van der Waals surface area (Å²) in [5, 5.41) is 2.22. The molecule has 0 amide bonds. The molecule has 0 radical (unpaired) electrons. The summed E-state index contributed by atoms with van der Waals surface area (Å²) >= 11 is 1.30. The lowest BCUT2D eigenvalue weighted by molar-refractivity contribution is 0.0520. The van der Waals surface area contributed by atoms with Gasteiger partial charge in [0, 0.05) is 49.4 Å². The van der Waals surface area contributed by atoms with Crippen LogP contribution in [0, 0.1) is 12.7 Å². The quantitative estimate of drug-likeness (QED) is 0.344. The van der Waals surface area contributed by atoms with Gasteiger partial charge in [0.15, 0.2) is 10.8 Å². The molecule has 0 bridgehead atoms. The van der Waals surface area contributed by atoms with Gasteiger partial charge in [-0.25, -0.2) is 22.6 Å². The Balaban J connectivity index is 1.65. The van der Waals surface area contributed by atoms with Crippen LogP contribution >= 0.6 is 11.3 Å². The first-order valence-corrected chi connectivity index (χ1v) is 15.0. The SMILES string of the molecule is CCCN(c1nc(C(=O)OCC)cs1)c1cc(-c2ccc(S(=O)(=O)N3CCN(C)CC3)cc2)cc(F)c1C. The van der Waals surface area contributed by atoms with Gasteiger partial charge in [-0.2, -0.15) is 4.31 Å². The van der Waals surface area contributed by atoms with E-state index in [-0.39, 0.29) is 23.0 Å². The Hall–Kier alpha value is -2.86. The van der Waals surface area contributed by atoms with Crippen LogP contribution in [0.2, 0.25) is 0 Å². The number of thiazole rings is 1. The molecule has 1 aliphatic heterocycles. The average molecular weight is 561 g/mol. The van der Waals surface area contributed by atoms with Gasteiger partial charge in [-0.05, 0) is 62.7 Å². The van der Waals surface area contributed by atoms with Crippen molar-refractivity contribution in [3.8, 4) is 11.1 Å². The number of esters is 1. The Kier molecular flexibility index (Phi) is 8.81. The van der Waals surface area contributed by atoms with E-state index in [0.29, 0.717) is 60.2 Å². The standard InChI is InChI=1S/C27H33FN4O4S2/c1-5-11-32(27-29-24(18-37-27)26(33)36-6-2)25-17-21(16-23(28)19(25)3)20-7-9-22(10-8-20)38(34,35)31-14-12-30(4)13-15-31/h7-10,16-18H,5-6,11-15H2,1-4H3. The summed E-state index contributed by atoms with van der Waals surface area (Å²) in [5.41, 5.74) is 2.64. The number of benzene rings is 2. The minimum absolute atomic E-state index is 0.222. The number of aromatic nitrogens is 1. The van der Waals surface area contributed by atoms with E-state index in [0.717, 1.165) is 6.42 Å². The number of hydrogen-bond donors (Lipinski definition) is 0. The number of piperazine rings is 1. The number of carbonyl (C=O) groups is 1. The molecular formula is C27H33FN4O4S2. The smallest absolute Gasteiger partial charge is 0.357 e. The summed E-state index contributed by atoms with van der Waals surface area (Å²) in [5.74, 6) is -0.871. The van der Waals surface area contributed by atoms with Gasteiger partial charge in [-0.15, -0.1) is 11.3 Å². The Morgan fingerprint density at radius 3 is 2.42 bits per heavy atom. The highest BCUT2D eigenvalue weighted by Gasteiger charge is 2.27. The lowest BCUT2D eigenvalue weighted by atomic mass is 10.0. The fourth-order valence-corrected chi connectivity index (χ4v) is 6.59. The Labute approximate surface area is 227 Å². The van der Waals surface area contributed by atoms with Crippen LogP contribution in [-0.2, 0) is 14.8 Å². The van der Waals surface area contributed by atoms with E-state index in [9.17, 15) is 13.2 Å². The lowest BCUT2D eigenvalue weighted by Crippen LogP contribution is -2.46. The lowest BCUT2D eigenvalue weighted by Gasteiger charge is -2.31. The van der Waals surface area contributed by atoms with Crippen LogP contribution in [0.4, 0.5) is 15.2 Å². The first-order chi connectivity index (χ1) is 18.1. The average Bonchev–Trinajstić information content (AvgIpc) is 3.40. The van der Waals surface area contributed by atoms with Gasteiger partial charge < -0.3 is 14.5 Å². The molecule has 11 heteroatoms. The maximum Gasteiger partial charge on any atom is 0.357 e. The molecule has 0 aliphatic carbocycles. The van der Waals surface area contributed by atoms with E-state index in [2.05, 4.69) is 9.88 Å². The van der Waals surface area contributed by atoms with Gasteiger partial charge in [0.25, 0.3) is 0 Å². The number of anilines is 2. The van der Waals surface area contributed by atoms with E-state index < -0.39 is 16.0 Å². The first-order valence-electron chi connectivity index (χ1n) is 12.6. The van der Waals surface area contributed by atoms with Gasteiger partial charge in [0.1, 0.15) is 5.82 Å². The van der Waals surface area contributed by atoms with Crippen molar-refractivity contribution in [2.24, 2.45) is 0 Å². The summed E-state index contributed by atoms with van der Waals surface area (Å²) in [6.45, 7) is 8.58. The van der Waals surface area contributed by atoms with Gasteiger partial charge in [-0.1, -0.05) is 19.1 Å². The zero-order chi connectivity index (χ0) is 27.4. The fourth-order valence-electron chi connectivity index (χ4n) is 4.34. The van der Waals surface area contributed by atoms with E-state index in [1.807, 2.05) is 24.9 Å². The molecule has 204 valence electrons. The van der Waals surface area contributed by atoms with Crippen molar-refractivity contribution >= 4 is 38.1 Å². The molecule has 1 saturated heterocycles. The molecule has 8 nitrogen and oxygen atoms in total. The topological polar surface area (TPSA) is 83.0 Å². The predicted molar refractivity (Wildman–Crippen MR) is 148 cm³/mol. The molecule has 1 aromatic heterocycles. The molecule has 2 aromatic carbocycles. The number of carbonyl (C=O) groups excluding carboxylic acids is 1. The highest BCUT2D eigenvalue weighted by molar-refractivity contribution is 7.89. The third kappa shape index (κ3) is 5.90. The number of rotatable bonds is 9. The van der Waals surface area contributed by atoms with Crippen molar-refractivity contribution in [1.29, 1.82) is 0 Å². The summed E-state index contributed by atoms with van der Waals surface area (Å²) in [7, 11) is -1.62. The largest absolute Gasteiger partial charge is 0.461 e. The van der Waals surface area contributed by atoms with Crippen molar-refractivity contribution in [3.05, 3.63) is 58.9 Å². The minimum Gasteiger partial charge on any atom is -0.461 e. The number of sulfonamides is 1. The third-order valence-electron chi connectivity index (χ3n) is 6.55. The Bertz CT molecular complexity index is 1380. The molecule has 0 spiro atoms. The number of ether oxygens (including phenoxy) is 1. The van der Waals surface area contributed by atoms with E-state index in [4.69, 9.17) is 4.74 Å². The second kappa shape index (κ2) is 11.9. The minimum atomic E-state index is -3.59. The van der Waals surface area contributed by atoms with Crippen LogP contribution in [0.15, 0.2) is 46.7 Å². The van der Waals surface area contributed by atoms with E-state index >= 15 is 4.39 Å². The zero-order valence-corrected chi connectivity index (χ0v) is 23.7. The van der Waals surface area contributed by atoms with E-state index in [1.54, 1.807) is 43.5 Å². The van der Waals surface area contributed by atoms with Crippen LogP contribution in [0.1, 0.15) is 36.3 Å². The van der Waals surface area contributed by atoms with Gasteiger partial charge >= 0.3 is 5.97 Å². The second-order valence-electron chi connectivity index (χ2n) is 9.22. The third-order valence-corrected chi connectivity index (χ3v) is 9.33. The summed E-state index contributed by atoms with van der Waals surface area (Å²) in [6, 6.07) is 9.92. The van der Waals surface area contributed by atoms with Crippen LogP contribution in [-0.4, -0.2) is 75.0 Å². The van der Waals surface area contributed by atoms with Crippen molar-refractivity contribution in [2.75, 3.05) is 51.3 Å². The summed E-state index contributed by atoms with van der Waals surface area (Å²) in [4.78, 5) is 20.8. The molecule has 2 heterocycles. The number of likely N-dealkylation sites (N-methyl/N-ethyl adjacent to an activating group) is 1. The van der Waals surface area contributed by atoms with Crippen LogP contribution < -0.4 is 4.90 Å². The second-order valence-corrected chi connectivity index (χ2v) is 12.0. The van der Waals surface area contributed by atoms with Crippen LogP contribution in [0.3, 0.4) is 0 Å². The molecule has 0 N–H and O–H groups in total. The van der Waals surface area contributed by atoms with E-state index in [1.165, 1.54) is 21.7 Å². The number of hydrogen-bond acceptors (Lipinski definition) is 8. The summed E-state index contributed by atoms with van der Waals surface area (Å²) < 4.78 is 48.0. The molecule has 4 rings (SSSR count). The highest BCUT2D eigenvalue weighted by Crippen LogP contribution is 2.36. The highest BCUT2D eigenvalue weighted by atomic mass is 32.2. The molecule has 0 saturated carbocycles. The van der Waals surface area contributed by atoms with Crippen LogP contribution in [0.5, 0.6) is 0 Å². The normalized spacial score (nSPS) is 15.0. The van der Waals surface area contributed by atoms with Gasteiger partial charge in [0.2, 0.25) is 10.0 Å². The van der Waals surface area contributed by atoms with Gasteiger partial charge in [0.05, 0.1) is 11.5 Å². The molecule has 0 atom stereocenters. The molecule has 38 heavy (non-hydrogen) atoms. The molecule has 3 aromatic rings. The molecule has 1 fully saturated rings. The Morgan fingerprint density at radius 2 is 1.79 bits per heavy atom. The fraction of sp³-hybridized carbons (Fsp3) is 0.407. The molecular weight excluding hydrogens is 527 g/mol. The number of nitrogens with zero attached hydrogens (tertiary/aromatic N) is 4. The monoisotopic (exact) mass is 560 g/mol. The van der Waals surface area contributed by atoms with Crippen molar-refractivity contribution in [1.82, 2.24) is 14.2 Å². The first kappa shape index (κ1) is 28.2. The predicted octanol–water partition coefficient (Wildman–Crippen LogP) is 4.92. The maximum absolute atomic E-state index is 15.2. The van der Waals surface area contributed by atoms with Crippen LogP contribution in [0.25, 0.3) is 11.1 Å². The van der Waals surface area contributed by atoms with Gasteiger partial charge in [-0.3, -0.25) is 0 Å². The number of halogens is 1. The van der Waals surface area contributed by atoms with Crippen molar-refractivity contribution in [2.45, 2.75) is 32.1 Å². The van der Waals surface area contributed by atoms with Crippen molar-refractivity contribution < 1.29 is 22.3 Å². The zero-order valence-electron chi connectivity index (χ0n) is 22.1. The summed E-state index contributed by atoms with van der Waals surface area (Å²) in [6.07, 6.45) is 0.776. The molecule has 0 unspecified atom stereocenters. The van der Waals surface area contributed by atoms with Crippen molar-refractivity contribution in [3.63, 3.8) is 0 Å². The maximum atomic E-state index is 15.2.